The number of carboxylic acids is 1. The molecular formula is C60H94O26. The zero-order valence-electron chi connectivity index (χ0n) is 50.9. The second-order valence-corrected chi connectivity index (χ2v) is 28.0. The first-order chi connectivity index (χ1) is 40.1. The molecule has 9 rings (SSSR count). The van der Waals surface area contributed by atoms with Crippen molar-refractivity contribution in [1.82, 2.24) is 0 Å². The van der Waals surface area contributed by atoms with Crippen LogP contribution < -0.4 is 0 Å². The molecule has 490 valence electrons. The number of carbonyl (C=O) groups is 3. The molecule has 9 aliphatic rings. The minimum absolute atomic E-state index is 0.0102. The number of carboxylic acid groups (broad SMARTS) is 1. The number of hydrogen-bond donors (Lipinski definition) is 13. The van der Waals surface area contributed by atoms with Crippen LogP contribution in [-0.4, -0.2) is 245 Å². The largest absolute Gasteiger partial charge is 0.479 e. The molecule has 4 saturated carbocycles. The standard InChI is InChI=1S/C60H94O26/c1-12-24(2)50(76)82-44-41(72)53(77-25(3)42(44)78-26(4)64)86-48-47(73)60(23-63)28(19-55(48,5)6)27-13-14-32-57(9)17-16-34(56(7,8)31(57)15-18-58(32,10)59(27,11)20-33(60)65)81-54-46(85-52-39(70)37(68)35(66)29(21-61)79-52)43(40(71)45(84-54)49(74)75)83-51-38(69)36(67)30(22-62)80-51/h12-13,25,28-48,51-54,61-63,65-73H,14-23H2,1-11H3,(H,74,75)/b24-12-/t25-,28?,29+,30-,31?,32?,33+,34-,35-,36-,37-,38+,39+,40-,41+,42-,43-,44-,45-,46+,47-,48-,51-,52-,53-,54+,57-,58+,59+,60-/m0/s1. The molecule has 4 heterocycles. The zero-order valence-corrected chi connectivity index (χ0v) is 50.9. The molecule has 0 radical (unpaired) electrons. The van der Waals surface area contributed by atoms with Crippen molar-refractivity contribution >= 4 is 17.9 Å². The molecule has 0 aromatic carbocycles. The van der Waals surface area contributed by atoms with Gasteiger partial charge in [0.25, 0.3) is 0 Å². The fraction of sp³-hybridized carbons (Fsp3) is 0.883. The lowest BCUT2D eigenvalue weighted by molar-refractivity contribution is -0.386. The van der Waals surface area contributed by atoms with Crippen LogP contribution in [0.2, 0.25) is 0 Å². The number of aliphatic carboxylic acids is 1. The molecule has 0 amide bonds. The van der Waals surface area contributed by atoms with Crippen LogP contribution in [-0.2, 0) is 61.8 Å². The fourth-order valence-electron chi connectivity index (χ4n) is 17.5. The van der Waals surface area contributed by atoms with Gasteiger partial charge >= 0.3 is 17.9 Å². The lowest BCUT2D eigenvalue weighted by Crippen LogP contribution is -2.72. The Morgan fingerprint density at radius 2 is 1.23 bits per heavy atom. The zero-order chi connectivity index (χ0) is 63.5. The first kappa shape index (κ1) is 67.5. The van der Waals surface area contributed by atoms with Gasteiger partial charge in [0.1, 0.15) is 67.1 Å². The Balaban J connectivity index is 0.988. The summed E-state index contributed by atoms with van der Waals surface area (Å²) < 4.78 is 60.6. The van der Waals surface area contributed by atoms with Crippen molar-refractivity contribution in [3.8, 4) is 0 Å². The van der Waals surface area contributed by atoms with Crippen molar-refractivity contribution in [3.63, 3.8) is 0 Å². The van der Waals surface area contributed by atoms with Crippen LogP contribution in [0.15, 0.2) is 23.3 Å². The van der Waals surface area contributed by atoms with Crippen LogP contribution in [0.1, 0.15) is 121 Å². The predicted octanol–water partition coefficient (Wildman–Crippen LogP) is -0.803. The second-order valence-electron chi connectivity index (χ2n) is 28.0. The average Bonchev–Trinajstić information content (AvgIpc) is 0.729. The summed E-state index contributed by atoms with van der Waals surface area (Å²) >= 11 is 0. The maximum Gasteiger partial charge on any atom is 0.335 e. The van der Waals surface area contributed by atoms with Gasteiger partial charge in [0.15, 0.2) is 43.5 Å². The highest BCUT2D eigenvalue weighted by molar-refractivity contribution is 5.87. The van der Waals surface area contributed by atoms with E-state index in [2.05, 4.69) is 26.8 Å². The Morgan fingerprint density at radius 3 is 1.81 bits per heavy atom. The minimum Gasteiger partial charge on any atom is -0.479 e. The van der Waals surface area contributed by atoms with E-state index in [-0.39, 0.29) is 23.8 Å². The van der Waals surface area contributed by atoms with Gasteiger partial charge in [-0.2, -0.15) is 0 Å². The van der Waals surface area contributed by atoms with Crippen molar-refractivity contribution in [2.24, 2.45) is 50.2 Å². The van der Waals surface area contributed by atoms with Gasteiger partial charge in [-0.1, -0.05) is 66.2 Å². The van der Waals surface area contributed by atoms with Crippen molar-refractivity contribution in [2.45, 2.75) is 262 Å². The highest BCUT2D eigenvalue weighted by atomic mass is 16.8. The lowest BCUT2D eigenvalue weighted by atomic mass is 9.33. The quantitative estimate of drug-likeness (QED) is 0.0413. The first-order valence-corrected chi connectivity index (χ1v) is 30.3. The first-order valence-electron chi connectivity index (χ1n) is 30.3. The van der Waals surface area contributed by atoms with E-state index in [0.29, 0.717) is 38.5 Å². The van der Waals surface area contributed by atoms with Gasteiger partial charge < -0.3 is 114 Å². The summed E-state index contributed by atoms with van der Waals surface area (Å²) in [6.45, 7) is 18.3. The second kappa shape index (κ2) is 24.6. The number of fused-ring (bicyclic) bond motifs is 7. The van der Waals surface area contributed by atoms with Crippen molar-refractivity contribution in [1.29, 1.82) is 0 Å². The molecule has 0 aromatic heterocycles. The number of esters is 2. The van der Waals surface area contributed by atoms with E-state index in [1.165, 1.54) is 19.9 Å². The van der Waals surface area contributed by atoms with Gasteiger partial charge in [-0.05, 0) is 111 Å². The molecule has 4 aliphatic heterocycles. The predicted molar refractivity (Wildman–Crippen MR) is 293 cm³/mol. The molecule has 30 atom stereocenters. The van der Waals surface area contributed by atoms with Crippen molar-refractivity contribution in [2.75, 3.05) is 19.8 Å². The van der Waals surface area contributed by atoms with Crippen LogP contribution in [0.25, 0.3) is 0 Å². The Bertz CT molecular complexity index is 2530. The Labute approximate surface area is 500 Å². The third-order valence-electron chi connectivity index (χ3n) is 22.6. The van der Waals surface area contributed by atoms with Gasteiger partial charge in [0.05, 0.1) is 55.8 Å². The Hall–Kier alpha value is -2.91. The molecule has 3 unspecified atom stereocenters. The number of aliphatic hydroxyl groups excluding tert-OH is 12. The maximum atomic E-state index is 13.1. The van der Waals surface area contributed by atoms with Crippen LogP contribution in [0.3, 0.4) is 0 Å². The highest BCUT2D eigenvalue weighted by Crippen LogP contribution is 2.76. The summed E-state index contributed by atoms with van der Waals surface area (Å²) in [5.74, 6) is -3.77. The molecule has 13 N–H and O–H groups in total. The van der Waals surface area contributed by atoms with E-state index in [4.69, 9.17) is 47.4 Å². The molecule has 0 aromatic rings. The van der Waals surface area contributed by atoms with Gasteiger partial charge in [0, 0.05) is 12.5 Å². The highest BCUT2D eigenvalue weighted by Gasteiger charge is 2.73. The number of ether oxygens (including phenoxy) is 10. The smallest absolute Gasteiger partial charge is 0.335 e. The van der Waals surface area contributed by atoms with Gasteiger partial charge in [-0.15, -0.1) is 0 Å². The van der Waals surface area contributed by atoms with Crippen LogP contribution >= 0.6 is 0 Å². The molecule has 5 aliphatic carbocycles. The van der Waals surface area contributed by atoms with Crippen LogP contribution in [0.5, 0.6) is 0 Å². The van der Waals surface area contributed by atoms with E-state index in [0.717, 1.165) is 5.57 Å². The number of hydrogen-bond acceptors (Lipinski definition) is 25. The maximum absolute atomic E-state index is 13.1. The summed E-state index contributed by atoms with van der Waals surface area (Å²) in [6, 6.07) is 0. The molecule has 26 heteroatoms. The third kappa shape index (κ3) is 10.9. The van der Waals surface area contributed by atoms with E-state index < -0.39 is 217 Å². The van der Waals surface area contributed by atoms with E-state index in [9.17, 15) is 80.8 Å². The molecule has 0 bridgehead atoms. The van der Waals surface area contributed by atoms with Gasteiger partial charge in [0.2, 0.25) is 0 Å². The SMILES string of the molecule is C/C=C(/C)C(=O)O[C@H]1[C@@H](O)[C@H](O[C@H]2[C@H](O)[C@@]3(CO)C(CC2(C)C)C2=CCC4[C@@]5(C)CC[C@H](O[C@@H]6O[C@H](C(=O)O)[C@@H](O)[C@H](O[C@@H]7O[C@@H](CO)[C@H](O)[C@H]7O)[C@H]6O[C@@H]6O[C@H](CO)[C@H](O)[C@H](O)[C@H]6O)C(C)(C)C5CC[C@@]4(C)[C@]2(C)C[C@H]3O)O[C@@H](C)[C@@H]1OC(C)=O. The van der Waals surface area contributed by atoms with Crippen LogP contribution in [0, 0.1) is 50.2 Å². The Morgan fingerprint density at radius 1 is 0.640 bits per heavy atom. The summed E-state index contributed by atoms with van der Waals surface area (Å²) in [6.07, 6.45) is -29.8. The summed E-state index contributed by atoms with van der Waals surface area (Å²) in [5, 5.41) is 145. The molecule has 8 fully saturated rings. The Kier molecular flexibility index (Phi) is 19.3. The minimum atomic E-state index is -2.12. The number of rotatable bonds is 15. The van der Waals surface area contributed by atoms with Gasteiger partial charge in [-0.3, -0.25) is 4.79 Å². The van der Waals surface area contributed by atoms with Crippen molar-refractivity contribution in [3.05, 3.63) is 23.3 Å². The van der Waals surface area contributed by atoms with Crippen LogP contribution in [0.4, 0.5) is 0 Å². The normalized spacial score (nSPS) is 50.8. The molecule has 26 nitrogen and oxygen atoms in total. The molecule has 0 spiro atoms. The average molecular weight is 1230 g/mol. The number of aliphatic hydroxyl groups is 12. The topological polar surface area (TPSA) is 407 Å². The molecular weight excluding hydrogens is 1140 g/mol. The van der Waals surface area contributed by atoms with Gasteiger partial charge in [-0.25, -0.2) is 9.59 Å². The summed E-state index contributed by atoms with van der Waals surface area (Å²) in [7, 11) is 0. The molecule has 4 saturated heterocycles. The number of carbonyl (C=O) groups excluding carboxylic acids is 2. The number of allylic oxidation sites excluding steroid dienone is 3. The summed E-state index contributed by atoms with van der Waals surface area (Å²) in [4.78, 5) is 38.2. The fourth-order valence-corrected chi connectivity index (χ4v) is 17.5. The van der Waals surface area contributed by atoms with Crippen molar-refractivity contribution < 1.29 is 128 Å². The van der Waals surface area contributed by atoms with E-state index in [1.807, 2.05) is 27.7 Å². The molecule has 86 heavy (non-hydrogen) atoms. The van der Waals surface area contributed by atoms with E-state index >= 15 is 0 Å². The lowest BCUT2D eigenvalue weighted by Gasteiger charge is -2.72. The monoisotopic (exact) mass is 1230 g/mol. The summed E-state index contributed by atoms with van der Waals surface area (Å²) in [5.41, 5.74) is -3.54. The third-order valence-corrected chi connectivity index (χ3v) is 22.6. The van der Waals surface area contributed by atoms with E-state index in [1.54, 1.807) is 13.8 Å².